The Labute approximate surface area is 82.5 Å². The highest BCUT2D eigenvalue weighted by Gasteiger charge is 2.13. The van der Waals surface area contributed by atoms with Crippen molar-refractivity contribution in [2.24, 2.45) is 0 Å². The first-order chi connectivity index (χ1) is 6.16. The SMILES string of the molecule is CCO[C@@H](C)c1c(F)cccc1Cl. The quantitative estimate of drug-likeness (QED) is 0.728. The van der Waals surface area contributed by atoms with Crippen molar-refractivity contribution in [1.29, 1.82) is 0 Å². The van der Waals surface area contributed by atoms with Crippen molar-refractivity contribution < 1.29 is 9.13 Å². The van der Waals surface area contributed by atoms with Crippen molar-refractivity contribution in [3.63, 3.8) is 0 Å². The zero-order chi connectivity index (χ0) is 9.84. The minimum atomic E-state index is -0.312. The second-order valence-corrected chi connectivity index (χ2v) is 3.14. The molecule has 0 saturated carbocycles. The molecule has 1 atom stereocenters. The maximum Gasteiger partial charge on any atom is 0.130 e. The number of benzene rings is 1. The molecular formula is C10H12ClFO. The first-order valence-electron chi connectivity index (χ1n) is 4.22. The van der Waals surface area contributed by atoms with Gasteiger partial charge in [0.2, 0.25) is 0 Å². The van der Waals surface area contributed by atoms with Crippen LogP contribution in [0.1, 0.15) is 25.5 Å². The summed E-state index contributed by atoms with van der Waals surface area (Å²) >= 11 is 5.84. The lowest BCUT2D eigenvalue weighted by Gasteiger charge is -2.14. The average molecular weight is 203 g/mol. The number of hydrogen-bond donors (Lipinski definition) is 0. The molecule has 1 nitrogen and oxygen atoms in total. The summed E-state index contributed by atoms with van der Waals surface area (Å²) in [5, 5.41) is 0.418. The van der Waals surface area contributed by atoms with Crippen molar-refractivity contribution in [2.75, 3.05) is 6.61 Å². The lowest BCUT2D eigenvalue weighted by atomic mass is 10.1. The number of hydrogen-bond acceptors (Lipinski definition) is 1. The number of halogens is 2. The van der Waals surface area contributed by atoms with E-state index in [-0.39, 0.29) is 11.9 Å². The van der Waals surface area contributed by atoms with Gasteiger partial charge in [0.15, 0.2) is 0 Å². The van der Waals surface area contributed by atoms with Gasteiger partial charge in [-0.1, -0.05) is 17.7 Å². The Hall–Kier alpha value is -0.600. The summed E-state index contributed by atoms with van der Waals surface area (Å²) in [6, 6.07) is 4.63. The van der Waals surface area contributed by atoms with Crippen LogP contribution in [-0.4, -0.2) is 6.61 Å². The fourth-order valence-electron chi connectivity index (χ4n) is 1.23. The van der Waals surface area contributed by atoms with E-state index in [9.17, 15) is 4.39 Å². The predicted octanol–water partition coefficient (Wildman–Crippen LogP) is 3.58. The Morgan fingerprint density at radius 2 is 2.23 bits per heavy atom. The van der Waals surface area contributed by atoms with Crippen LogP contribution in [0.3, 0.4) is 0 Å². The minimum Gasteiger partial charge on any atom is -0.374 e. The predicted molar refractivity (Wildman–Crippen MR) is 51.5 cm³/mol. The van der Waals surface area contributed by atoms with Crippen LogP contribution in [0, 0.1) is 5.82 Å². The molecule has 0 fully saturated rings. The molecule has 1 rings (SSSR count). The molecular weight excluding hydrogens is 191 g/mol. The van der Waals surface area contributed by atoms with E-state index in [1.165, 1.54) is 6.07 Å². The summed E-state index contributed by atoms with van der Waals surface area (Å²) < 4.78 is 18.5. The van der Waals surface area contributed by atoms with Crippen LogP contribution >= 0.6 is 11.6 Å². The summed E-state index contributed by atoms with van der Waals surface area (Å²) in [6.45, 7) is 4.20. The Balaban J connectivity index is 2.98. The maximum atomic E-state index is 13.3. The van der Waals surface area contributed by atoms with Gasteiger partial charge in [-0.25, -0.2) is 4.39 Å². The molecule has 0 saturated heterocycles. The van der Waals surface area contributed by atoms with Crippen LogP contribution in [0.25, 0.3) is 0 Å². The fourth-order valence-corrected chi connectivity index (χ4v) is 1.55. The van der Waals surface area contributed by atoms with Gasteiger partial charge < -0.3 is 4.74 Å². The van der Waals surface area contributed by atoms with Crippen LogP contribution in [0.15, 0.2) is 18.2 Å². The first kappa shape index (κ1) is 10.5. The Kier molecular flexibility index (Phi) is 3.70. The summed E-state index contributed by atoms with van der Waals surface area (Å²) in [4.78, 5) is 0. The summed E-state index contributed by atoms with van der Waals surface area (Å²) in [5.41, 5.74) is 0.436. The zero-order valence-electron chi connectivity index (χ0n) is 7.68. The summed E-state index contributed by atoms with van der Waals surface area (Å²) in [7, 11) is 0. The Morgan fingerprint density at radius 1 is 1.54 bits per heavy atom. The molecule has 72 valence electrons. The number of ether oxygens (including phenoxy) is 1. The van der Waals surface area contributed by atoms with Gasteiger partial charge in [-0.2, -0.15) is 0 Å². The average Bonchev–Trinajstić information content (AvgIpc) is 2.04. The fraction of sp³-hybridized carbons (Fsp3) is 0.400. The van der Waals surface area contributed by atoms with E-state index in [1.54, 1.807) is 19.1 Å². The van der Waals surface area contributed by atoms with Crippen LogP contribution < -0.4 is 0 Å². The standard InChI is InChI=1S/C10H12ClFO/c1-3-13-7(2)10-8(11)5-4-6-9(10)12/h4-7H,3H2,1-2H3/t7-/m0/s1. The topological polar surface area (TPSA) is 9.23 Å². The highest BCUT2D eigenvalue weighted by molar-refractivity contribution is 6.31. The molecule has 0 amide bonds. The normalized spacial score (nSPS) is 12.9. The second-order valence-electron chi connectivity index (χ2n) is 2.73. The second kappa shape index (κ2) is 4.58. The molecule has 3 heteroatoms. The molecule has 0 heterocycles. The Bertz CT molecular complexity index is 268. The van der Waals surface area contributed by atoms with Crippen molar-refractivity contribution >= 4 is 11.6 Å². The summed E-state index contributed by atoms with van der Waals surface area (Å²) in [6.07, 6.45) is -0.293. The van der Waals surface area contributed by atoms with Gasteiger partial charge in [-0.05, 0) is 26.0 Å². The third-order valence-electron chi connectivity index (χ3n) is 1.82. The number of rotatable bonds is 3. The van der Waals surface area contributed by atoms with Crippen LogP contribution in [0.2, 0.25) is 5.02 Å². The van der Waals surface area contributed by atoms with E-state index in [0.29, 0.717) is 17.2 Å². The molecule has 0 aliphatic carbocycles. The minimum absolute atomic E-state index is 0.293. The van der Waals surface area contributed by atoms with E-state index in [1.807, 2.05) is 6.92 Å². The molecule has 0 aromatic heterocycles. The van der Waals surface area contributed by atoms with Crippen LogP contribution in [-0.2, 0) is 4.74 Å². The molecule has 0 spiro atoms. The molecule has 1 aromatic rings. The monoisotopic (exact) mass is 202 g/mol. The third kappa shape index (κ3) is 2.42. The molecule has 0 aliphatic rings. The van der Waals surface area contributed by atoms with E-state index in [4.69, 9.17) is 16.3 Å². The van der Waals surface area contributed by atoms with Crippen LogP contribution in [0.4, 0.5) is 4.39 Å². The molecule has 0 radical (unpaired) electrons. The molecule has 1 aromatic carbocycles. The Morgan fingerprint density at radius 3 is 2.77 bits per heavy atom. The van der Waals surface area contributed by atoms with Crippen molar-refractivity contribution in [3.05, 3.63) is 34.6 Å². The molecule has 0 bridgehead atoms. The molecule has 0 aliphatic heterocycles. The highest BCUT2D eigenvalue weighted by atomic mass is 35.5. The van der Waals surface area contributed by atoms with Gasteiger partial charge in [0.05, 0.1) is 6.10 Å². The van der Waals surface area contributed by atoms with Gasteiger partial charge in [-0.15, -0.1) is 0 Å². The lowest BCUT2D eigenvalue weighted by molar-refractivity contribution is 0.0739. The van der Waals surface area contributed by atoms with Crippen molar-refractivity contribution in [1.82, 2.24) is 0 Å². The molecule has 13 heavy (non-hydrogen) atoms. The lowest BCUT2D eigenvalue weighted by Crippen LogP contribution is -2.02. The van der Waals surface area contributed by atoms with E-state index in [2.05, 4.69) is 0 Å². The van der Waals surface area contributed by atoms with Crippen molar-refractivity contribution in [2.45, 2.75) is 20.0 Å². The van der Waals surface area contributed by atoms with Crippen LogP contribution in [0.5, 0.6) is 0 Å². The van der Waals surface area contributed by atoms with E-state index < -0.39 is 0 Å². The third-order valence-corrected chi connectivity index (χ3v) is 2.15. The van der Waals surface area contributed by atoms with Gasteiger partial charge in [-0.3, -0.25) is 0 Å². The molecule has 0 unspecified atom stereocenters. The van der Waals surface area contributed by atoms with E-state index in [0.717, 1.165) is 0 Å². The maximum absolute atomic E-state index is 13.3. The highest BCUT2D eigenvalue weighted by Crippen LogP contribution is 2.27. The summed E-state index contributed by atoms with van der Waals surface area (Å²) in [5.74, 6) is -0.312. The van der Waals surface area contributed by atoms with Gasteiger partial charge in [0, 0.05) is 17.2 Å². The largest absolute Gasteiger partial charge is 0.374 e. The van der Waals surface area contributed by atoms with Gasteiger partial charge >= 0.3 is 0 Å². The van der Waals surface area contributed by atoms with Crippen molar-refractivity contribution in [3.8, 4) is 0 Å². The first-order valence-corrected chi connectivity index (χ1v) is 4.60. The van der Waals surface area contributed by atoms with E-state index >= 15 is 0 Å². The molecule has 0 N–H and O–H groups in total. The smallest absolute Gasteiger partial charge is 0.130 e. The zero-order valence-corrected chi connectivity index (χ0v) is 8.44. The van der Waals surface area contributed by atoms with Gasteiger partial charge in [0.1, 0.15) is 5.82 Å². The van der Waals surface area contributed by atoms with Gasteiger partial charge in [0.25, 0.3) is 0 Å².